The van der Waals surface area contributed by atoms with Gasteiger partial charge in [0.05, 0.1) is 18.7 Å². The Hall–Kier alpha value is -2.02. The molecule has 0 aliphatic heterocycles. The molecule has 0 N–H and O–H groups in total. The van der Waals surface area contributed by atoms with Crippen molar-refractivity contribution in [3.8, 4) is 11.8 Å². The fourth-order valence-electron chi connectivity index (χ4n) is 1.27. The quantitative estimate of drug-likeness (QED) is 0.775. The highest BCUT2D eigenvalue weighted by molar-refractivity contribution is 5.97. The van der Waals surface area contributed by atoms with Gasteiger partial charge in [0.15, 0.2) is 0 Å². The summed E-state index contributed by atoms with van der Waals surface area (Å²) < 4.78 is 5.10. The molecule has 1 aromatic rings. The molecular weight excluding hydrogens is 204 g/mol. The molecule has 1 unspecified atom stereocenters. The number of ether oxygens (including phenoxy) is 1. The largest absolute Gasteiger partial charge is 0.496 e. The Morgan fingerprint density at radius 1 is 1.50 bits per heavy atom. The number of nitriles is 1. The molecule has 4 heteroatoms. The van der Waals surface area contributed by atoms with Crippen LogP contribution in [-0.4, -0.2) is 31.0 Å². The minimum atomic E-state index is -0.461. The Morgan fingerprint density at radius 3 is 2.69 bits per heavy atom. The predicted molar refractivity (Wildman–Crippen MR) is 60.2 cm³/mol. The monoisotopic (exact) mass is 218 g/mol. The third-order valence-electron chi connectivity index (χ3n) is 2.43. The van der Waals surface area contributed by atoms with E-state index in [-0.39, 0.29) is 5.91 Å². The van der Waals surface area contributed by atoms with Crippen LogP contribution in [0, 0.1) is 11.3 Å². The lowest BCUT2D eigenvalue weighted by Crippen LogP contribution is -2.34. The van der Waals surface area contributed by atoms with E-state index in [0.29, 0.717) is 11.3 Å². The topological polar surface area (TPSA) is 53.3 Å². The lowest BCUT2D eigenvalue weighted by molar-refractivity contribution is 0.0770. The van der Waals surface area contributed by atoms with Crippen molar-refractivity contribution in [2.24, 2.45) is 0 Å². The summed E-state index contributed by atoms with van der Waals surface area (Å²) in [7, 11) is 3.11. The van der Waals surface area contributed by atoms with E-state index in [2.05, 4.69) is 0 Å². The fourth-order valence-corrected chi connectivity index (χ4v) is 1.27. The number of rotatable bonds is 3. The molecule has 1 atom stereocenters. The maximum absolute atomic E-state index is 12.0. The average Bonchev–Trinajstić information content (AvgIpc) is 2.35. The van der Waals surface area contributed by atoms with Gasteiger partial charge in [0.25, 0.3) is 5.91 Å². The van der Waals surface area contributed by atoms with Gasteiger partial charge in [0, 0.05) is 7.05 Å². The zero-order chi connectivity index (χ0) is 12.1. The second-order valence-corrected chi connectivity index (χ2v) is 3.42. The van der Waals surface area contributed by atoms with E-state index in [1.165, 1.54) is 12.0 Å². The standard InChI is InChI=1S/C12H14N2O2/c1-9(8-13)14(2)12(15)10-6-4-5-7-11(10)16-3/h4-7,9H,1-3H3. The fraction of sp³-hybridized carbons (Fsp3) is 0.333. The molecular formula is C12H14N2O2. The second-order valence-electron chi connectivity index (χ2n) is 3.42. The first-order valence-electron chi connectivity index (χ1n) is 4.91. The Labute approximate surface area is 95.0 Å². The normalized spacial score (nSPS) is 11.4. The molecule has 0 radical (unpaired) electrons. The molecule has 1 rings (SSSR count). The van der Waals surface area contributed by atoms with Crippen molar-refractivity contribution >= 4 is 5.91 Å². The Bertz CT molecular complexity index is 423. The van der Waals surface area contributed by atoms with E-state index in [0.717, 1.165) is 0 Å². The van der Waals surface area contributed by atoms with Crippen molar-refractivity contribution in [1.82, 2.24) is 4.90 Å². The first-order chi connectivity index (χ1) is 7.61. The second kappa shape index (κ2) is 5.17. The number of methoxy groups -OCH3 is 1. The number of benzene rings is 1. The zero-order valence-electron chi connectivity index (χ0n) is 9.60. The summed E-state index contributed by atoms with van der Waals surface area (Å²) in [6.45, 7) is 1.67. The SMILES string of the molecule is COc1ccccc1C(=O)N(C)C(C)C#N. The van der Waals surface area contributed by atoms with E-state index in [1.54, 1.807) is 38.2 Å². The first-order valence-corrected chi connectivity index (χ1v) is 4.91. The number of carbonyl (C=O) groups excluding carboxylic acids is 1. The summed E-state index contributed by atoms with van der Waals surface area (Å²) in [5.74, 6) is 0.302. The van der Waals surface area contributed by atoms with E-state index in [1.807, 2.05) is 6.07 Å². The van der Waals surface area contributed by atoms with Crippen molar-refractivity contribution in [2.75, 3.05) is 14.2 Å². The van der Waals surface area contributed by atoms with Crippen LogP contribution in [0.4, 0.5) is 0 Å². The van der Waals surface area contributed by atoms with Gasteiger partial charge in [-0.3, -0.25) is 4.79 Å². The number of para-hydroxylation sites is 1. The lowest BCUT2D eigenvalue weighted by atomic mass is 10.1. The molecule has 0 spiro atoms. The smallest absolute Gasteiger partial charge is 0.258 e. The molecule has 1 aromatic carbocycles. The highest BCUT2D eigenvalue weighted by Gasteiger charge is 2.19. The van der Waals surface area contributed by atoms with Gasteiger partial charge >= 0.3 is 0 Å². The molecule has 1 amide bonds. The third-order valence-corrected chi connectivity index (χ3v) is 2.43. The van der Waals surface area contributed by atoms with E-state index in [4.69, 9.17) is 10.00 Å². The summed E-state index contributed by atoms with van der Waals surface area (Å²) in [4.78, 5) is 13.4. The van der Waals surface area contributed by atoms with Gasteiger partial charge in [-0.1, -0.05) is 12.1 Å². The summed E-state index contributed by atoms with van der Waals surface area (Å²) >= 11 is 0. The van der Waals surface area contributed by atoms with E-state index < -0.39 is 6.04 Å². The van der Waals surface area contributed by atoms with Crippen molar-refractivity contribution < 1.29 is 9.53 Å². The van der Waals surface area contributed by atoms with Crippen molar-refractivity contribution in [2.45, 2.75) is 13.0 Å². The zero-order valence-corrected chi connectivity index (χ0v) is 9.60. The number of amides is 1. The molecule has 0 saturated carbocycles. The predicted octanol–water partition coefficient (Wildman–Crippen LogP) is 1.68. The summed E-state index contributed by atoms with van der Waals surface area (Å²) in [5.41, 5.74) is 0.467. The molecule has 0 saturated heterocycles. The minimum Gasteiger partial charge on any atom is -0.496 e. The van der Waals surface area contributed by atoms with Gasteiger partial charge in [-0.05, 0) is 19.1 Å². The van der Waals surface area contributed by atoms with Crippen LogP contribution in [0.3, 0.4) is 0 Å². The van der Waals surface area contributed by atoms with Gasteiger partial charge in [-0.2, -0.15) is 5.26 Å². The first kappa shape index (κ1) is 12.1. The maximum atomic E-state index is 12.0. The van der Waals surface area contributed by atoms with Gasteiger partial charge < -0.3 is 9.64 Å². The van der Waals surface area contributed by atoms with Crippen LogP contribution in [0.15, 0.2) is 24.3 Å². The number of nitrogens with zero attached hydrogens (tertiary/aromatic N) is 2. The van der Waals surface area contributed by atoms with Crippen LogP contribution >= 0.6 is 0 Å². The number of carbonyl (C=O) groups is 1. The van der Waals surface area contributed by atoms with Crippen molar-refractivity contribution in [1.29, 1.82) is 5.26 Å². The van der Waals surface area contributed by atoms with Crippen LogP contribution in [0.2, 0.25) is 0 Å². The molecule has 0 bridgehead atoms. The van der Waals surface area contributed by atoms with Crippen LogP contribution < -0.4 is 4.74 Å². The molecule has 0 aliphatic rings. The van der Waals surface area contributed by atoms with Gasteiger partial charge in [0.2, 0.25) is 0 Å². The molecule has 0 heterocycles. The Balaban J connectivity index is 3.01. The Morgan fingerprint density at radius 2 is 2.12 bits per heavy atom. The molecule has 4 nitrogen and oxygen atoms in total. The Kier molecular flexibility index (Phi) is 3.90. The molecule has 84 valence electrons. The van der Waals surface area contributed by atoms with Crippen LogP contribution in [0.25, 0.3) is 0 Å². The van der Waals surface area contributed by atoms with Gasteiger partial charge in [0.1, 0.15) is 11.8 Å². The van der Waals surface area contributed by atoms with Gasteiger partial charge in [-0.15, -0.1) is 0 Å². The lowest BCUT2D eigenvalue weighted by Gasteiger charge is -2.20. The van der Waals surface area contributed by atoms with Crippen molar-refractivity contribution in [3.05, 3.63) is 29.8 Å². The van der Waals surface area contributed by atoms with Crippen LogP contribution in [0.1, 0.15) is 17.3 Å². The molecule has 0 aliphatic carbocycles. The highest BCUT2D eigenvalue weighted by atomic mass is 16.5. The summed E-state index contributed by atoms with van der Waals surface area (Å²) in [5, 5.41) is 8.75. The highest BCUT2D eigenvalue weighted by Crippen LogP contribution is 2.19. The summed E-state index contributed by atoms with van der Waals surface area (Å²) in [6, 6.07) is 8.52. The number of hydrogen-bond acceptors (Lipinski definition) is 3. The van der Waals surface area contributed by atoms with Crippen LogP contribution in [0.5, 0.6) is 5.75 Å². The number of hydrogen-bond donors (Lipinski definition) is 0. The molecule has 0 fully saturated rings. The molecule has 0 aromatic heterocycles. The summed E-state index contributed by atoms with van der Waals surface area (Å²) in [6.07, 6.45) is 0. The third kappa shape index (κ3) is 2.31. The van der Waals surface area contributed by atoms with Crippen molar-refractivity contribution in [3.63, 3.8) is 0 Å². The molecule has 16 heavy (non-hydrogen) atoms. The van der Waals surface area contributed by atoms with Gasteiger partial charge in [-0.25, -0.2) is 0 Å². The van der Waals surface area contributed by atoms with E-state index >= 15 is 0 Å². The van der Waals surface area contributed by atoms with E-state index in [9.17, 15) is 4.79 Å². The maximum Gasteiger partial charge on any atom is 0.258 e. The average molecular weight is 218 g/mol. The van der Waals surface area contributed by atoms with Crippen LogP contribution in [-0.2, 0) is 0 Å². The minimum absolute atomic E-state index is 0.216.